The molecule has 1 nitrogen and oxygen atoms in total. The van der Waals surface area contributed by atoms with Gasteiger partial charge in [-0.15, -0.1) is 11.3 Å². The van der Waals surface area contributed by atoms with E-state index in [2.05, 4.69) is 0 Å². The van der Waals surface area contributed by atoms with Crippen molar-refractivity contribution >= 4 is 11.3 Å². The molecular formula is C7H8F3NS. The number of hydrogen-bond acceptors (Lipinski definition) is 2. The second kappa shape index (κ2) is 3.45. The fourth-order valence-electron chi connectivity index (χ4n) is 0.827. The van der Waals surface area contributed by atoms with E-state index in [0.717, 1.165) is 0 Å². The first-order valence-corrected chi connectivity index (χ1v) is 4.22. The van der Waals surface area contributed by atoms with Gasteiger partial charge in [0.1, 0.15) is 10.7 Å². The Labute approximate surface area is 72.0 Å². The molecule has 0 aromatic carbocycles. The summed E-state index contributed by atoms with van der Waals surface area (Å²) >= 11 is 0.708. The quantitative estimate of drug-likeness (QED) is 0.771. The molecule has 1 heterocycles. The number of alkyl halides is 2. The standard InChI is InChI=1S/C7H8F3NS/c1-3(11)4-2-12-6(5(4)8)7(9)10/h2-3,7H,11H2,1H3/t3-/m1/s1. The molecule has 0 radical (unpaired) electrons. The molecule has 0 amide bonds. The summed E-state index contributed by atoms with van der Waals surface area (Å²) in [7, 11) is 0. The van der Waals surface area contributed by atoms with Gasteiger partial charge in [0.05, 0.1) is 0 Å². The first kappa shape index (κ1) is 9.54. The highest BCUT2D eigenvalue weighted by Gasteiger charge is 2.20. The van der Waals surface area contributed by atoms with Crippen LogP contribution in [0.25, 0.3) is 0 Å². The van der Waals surface area contributed by atoms with E-state index in [0.29, 0.717) is 11.3 Å². The summed E-state index contributed by atoms with van der Waals surface area (Å²) in [6.07, 6.45) is -2.75. The number of thiophene rings is 1. The van der Waals surface area contributed by atoms with E-state index in [1.807, 2.05) is 0 Å². The Bertz CT molecular complexity index is 244. The molecule has 1 aromatic heterocycles. The third-order valence-electron chi connectivity index (χ3n) is 1.47. The Hall–Kier alpha value is -0.550. The predicted molar refractivity (Wildman–Crippen MR) is 41.8 cm³/mol. The lowest BCUT2D eigenvalue weighted by Gasteiger charge is -2.01. The predicted octanol–water partition coefficient (Wildman–Crippen LogP) is 2.84. The van der Waals surface area contributed by atoms with E-state index >= 15 is 0 Å². The molecule has 5 heteroatoms. The third-order valence-corrected chi connectivity index (χ3v) is 2.45. The van der Waals surface area contributed by atoms with Crippen molar-refractivity contribution in [2.45, 2.75) is 19.4 Å². The van der Waals surface area contributed by atoms with Gasteiger partial charge >= 0.3 is 0 Å². The topological polar surface area (TPSA) is 26.0 Å². The van der Waals surface area contributed by atoms with Gasteiger partial charge in [-0.2, -0.15) is 0 Å². The van der Waals surface area contributed by atoms with Gasteiger partial charge in [-0.1, -0.05) is 0 Å². The maximum atomic E-state index is 13.0. The molecule has 1 rings (SSSR count). The van der Waals surface area contributed by atoms with Crippen LogP contribution in [0.5, 0.6) is 0 Å². The van der Waals surface area contributed by atoms with Crippen LogP contribution in [-0.4, -0.2) is 0 Å². The van der Waals surface area contributed by atoms with Crippen molar-refractivity contribution in [1.82, 2.24) is 0 Å². The first-order valence-electron chi connectivity index (χ1n) is 3.34. The maximum absolute atomic E-state index is 13.0. The van der Waals surface area contributed by atoms with Crippen LogP contribution >= 0.6 is 11.3 Å². The SMILES string of the molecule is C[C@@H](N)c1csc(C(F)F)c1F. The molecule has 0 aliphatic heterocycles. The average molecular weight is 195 g/mol. The molecule has 2 N–H and O–H groups in total. The molecule has 0 saturated carbocycles. The van der Waals surface area contributed by atoms with Gasteiger partial charge in [0, 0.05) is 11.6 Å². The fourth-order valence-corrected chi connectivity index (χ4v) is 1.72. The van der Waals surface area contributed by atoms with Crippen LogP contribution in [0.15, 0.2) is 5.38 Å². The number of rotatable bonds is 2. The smallest absolute Gasteiger partial charge is 0.275 e. The van der Waals surface area contributed by atoms with Gasteiger partial charge < -0.3 is 5.73 Å². The first-order chi connectivity index (χ1) is 5.54. The van der Waals surface area contributed by atoms with Crippen LogP contribution in [0.2, 0.25) is 0 Å². The second-order valence-electron chi connectivity index (χ2n) is 2.46. The Morgan fingerprint density at radius 3 is 2.33 bits per heavy atom. The van der Waals surface area contributed by atoms with E-state index in [1.165, 1.54) is 5.38 Å². The van der Waals surface area contributed by atoms with Gasteiger partial charge in [0.2, 0.25) is 0 Å². The van der Waals surface area contributed by atoms with Gasteiger partial charge in [-0.3, -0.25) is 0 Å². The van der Waals surface area contributed by atoms with Crippen LogP contribution in [0, 0.1) is 5.82 Å². The molecule has 68 valence electrons. The summed E-state index contributed by atoms with van der Waals surface area (Å²) < 4.78 is 37.1. The number of halogens is 3. The Kier molecular flexibility index (Phi) is 2.74. The van der Waals surface area contributed by atoms with Crippen LogP contribution in [0.3, 0.4) is 0 Å². The second-order valence-corrected chi connectivity index (χ2v) is 3.37. The largest absolute Gasteiger partial charge is 0.324 e. The van der Waals surface area contributed by atoms with Gasteiger partial charge in [-0.25, -0.2) is 13.2 Å². The number of hydrogen-bond donors (Lipinski definition) is 1. The van der Waals surface area contributed by atoms with E-state index in [4.69, 9.17) is 5.73 Å². The van der Waals surface area contributed by atoms with Crippen molar-refractivity contribution in [3.63, 3.8) is 0 Å². The molecule has 0 aliphatic rings. The zero-order chi connectivity index (χ0) is 9.30. The van der Waals surface area contributed by atoms with Crippen molar-refractivity contribution in [1.29, 1.82) is 0 Å². The molecule has 0 bridgehead atoms. The summed E-state index contributed by atoms with van der Waals surface area (Å²) in [6, 6.07) is -0.534. The zero-order valence-corrected chi connectivity index (χ0v) is 7.17. The molecule has 0 spiro atoms. The van der Waals surface area contributed by atoms with E-state index in [9.17, 15) is 13.2 Å². The van der Waals surface area contributed by atoms with Crippen LogP contribution < -0.4 is 5.73 Å². The monoisotopic (exact) mass is 195 g/mol. The molecule has 1 atom stereocenters. The fraction of sp³-hybridized carbons (Fsp3) is 0.429. The van der Waals surface area contributed by atoms with Crippen molar-refractivity contribution in [3.8, 4) is 0 Å². The van der Waals surface area contributed by atoms with Crippen LogP contribution in [-0.2, 0) is 0 Å². The molecule has 0 aliphatic carbocycles. The lowest BCUT2D eigenvalue weighted by atomic mass is 10.2. The van der Waals surface area contributed by atoms with Crippen molar-refractivity contribution in [3.05, 3.63) is 21.6 Å². The minimum Gasteiger partial charge on any atom is -0.324 e. The normalized spacial score (nSPS) is 13.8. The lowest BCUT2D eigenvalue weighted by molar-refractivity contribution is 0.151. The molecular weight excluding hydrogens is 187 g/mol. The number of nitrogens with two attached hydrogens (primary N) is 1. The van der Waals surface area contributed by atoms with Crippen LogP contribution in [0.1, 0.15) is 29.8 Å². The molecule has 0 fully saturated rings. The summed E-state index contributed by atoms with van der Waals surface area (Å²) in [6.45, 7) is 1.56. The molecule has 12 heavy (non-hydrogen) atoms. The molecule has 1 aromatic rings. The average Bonchev–Trinajstić information content (AvgIpc) is 2.30. The van der Waals surface area contributed by atoms with E-state index in [-0.39, 0.29) is 5.56 Å². The summed E-state index contributed by atoms with van der Waals surface area (Å²) in [4.78, 5) is -0.526. The Morgan fingerprint density at radius 2 is 2.08 bits per heavy atom. The molecule has 0 saturated heterocycles. The third kappa shape index (κ3) is 1.61. The Balaban J connectivity index is 3.04. The van der Waals surface area contributed by atoms with Crippen molar-refractivity contribution in [2.24, 2.45) is 5.73 Å². The van der Waals surface area contributed by atoms with E-state index in [1.54, 1.807) is 6.92 Å². The highest BCUT2D eigenvalue weighted by atomic mass is 32.1. The van der Waals surface area contributed by atoms with Crippen molar-refractivity contribution in [2.75, 3.05) is 0 Å². The zero-order valence-electron chi connectivity index (χ0n) is 6.35. The van der Waals surface area contributed by atoms with E-state index < -0.39 is 23.2 Å². The summed E-state index contributed by atoms with van der Waals surface area (Å²) in [5, 5.41) is 1.33. The minimum absolute atomic E-state index is 0.162. The Morgan fingerprint density at radius 1 is 1.50 bits per heavy atom. The lowest BCUT2D eigenvalue weighted by Crippen LogP contribution is -2.05. The summed E-state index contributed by atoms with van der Waals surface area (Å²) in [5.74, 6) is -0.856. The maximum Gasteiger partial charge on any atom is 0.275 e. The summed E-state index contributed by atoms with van der Waals surface area (Å²) in [5.41, 5.74) is 5.51. The van der Waals surface area contributed by atoms with Crippen molar-refractivity contribution < 1.29 is 13.2 Å². The minimum atomic E-state index is -2.75. The van der Waals surface area contributed by atoms with Gasteiger partial charge in [0.25, 0.3) is 6.43 Å². The van der Waals surface area contributed by atoms with Gasteiger partial charge in [0.15, 0.2) is 0 Å². The highest BCUT2D eigenvalue weighted by Crippen LogP contribution is 2.32. The van der Waals surface area contributed by atoms with Crippen LogP contribution in [0.4, 0.5) is 13.2 Å². The van der Waals surface area contributed by atoms with Gasteiger partial charge in [-0.05, 0) is 12.3 Å². The highest BCUT2D eigenvalue weighted by molar-refractivity contribution is 7.10. The molecule has 0 unspecified atom stereocenters.